The molecule has 0 amide bonds. The van der Waals surface area contributed by atoms with Gasteiger partial charge in [-0.15, -0.1) is 0 Å². The predicted octanol–water partition coefficient (Wildman–Crippen LogP) is 11.5. The van der Waals surface area contributed by atoms with E-state index in [-0.39, 0.29) is 0 Å². The Labute approximate surface area is 304 Å². The molecule has 0 radical (unpaired) electrons. The number of aromatic nitrogens is 6. The minimum absolute atomic E-state index is 0.875. The SMILES string of the molecule is c1ccc(-n2c3ccccc3c3ccc(-c4cccc5c4nc(-c4cccc6c4[nH]c4ccccc46)n5-c4cccc(-c5ccncc5)c4)cc32)nc1. The Bertz CT molecular complexity index is 3170. The molecule has 1 N–H and O–H groups in total. The Kier molecular flexibility index (Phi) is 6.45. The molecule has 0 aliphatic carbocycles. The molecule has 0 atom stereocenters. The standard InChI is InChI=1S/C47H30N6/c1-3-17-40-35(12-1)38-15-8-16-39(45(38)50-40)47-51-46-34(14-9-19-42(46)52(47)33-11-7-10-31(28-33)30-23-26-48-27-24-30)32-21-22-37-36-13-2-4-18-41(36)53(43(37)29-32)44-20-5-6-25-49-44/h1-29,50H. The Balaban J connectivity index is 1.19. The van der Waals surface area contributed by atoms with Gasteiger partial charge in [-0.2, -0.15) is 0 Å². The summed E-state index contributed by atoms with van der Waals surface area (Å²) in [7, 11) is 0. The largest absolute Gasteiger partial charge is 0.354 e. The summed E-state index contributed by atoms with van der Waals surface area (Å²) in [4.78, 5) is 18.3. The molecule has 0 spiro atoms. The van der Waals surface area contributed by atoms with Gasteiger partial charge in [0.25, 0.3) is 0 Å². The Morgan fingerprint density at radius 2 is 1.21 bits per heavy atom. The van der Waals surface area contributed by atoms with Crippen LogP contribution in [0, 0.1) is 0 Å². The molecule has 11 rings (SSSR count). The second kappa shape index (κ2) is 11.6. The zero-order valence-electron chi connectivity index (χ0n) is 28.5. The maximum Gasteiger partial charge on any atom is 0.147 e. The van der Waals surface area contributed by atoms with Crippen molar-refractivity contribution in [3.05, 3.63) is 176 Å². The zero-order valence-corrected chi connectivity index (χ0v) is 28.5. The van der Waals surface area contributed by atoms with E-state index in [0.717, 1.165) is 78.2 Å². The monoisotopic (exact) mass is 678 g/mol. The summed E-state index contributed by atoms with van der Waals surface area (Å²) in [6.07, 6.45) is 5.53. The number of para-hydroxylation sites is 4. The van der Waals surface area contributed by atoms with Crippen molar-refractivity contribution in [1.29, 1.82) is 0 Å². The lowest BCUT2D eigenvalue weighted by Crippen LogP contribution is -1.98. The van der Waals surface area contributed by atoms with Crippen LogP contribution in [-0.4, -0.2) is 29.1 Å². The molecule has 5 aromatic heterocycles. The molecule has 248 valence electrons. The fourth-order valence-corrected chi connectivity index (χ4v) is 8.07. The van der Waals surface area contributed by atoms with Crippen LogP contribution in [0.5, 0.6) is 0 Å². The van der Waals surface area contributed by atoms with Crippen molar-refractivity contribution >= 4 is 54.6 Å². The number of H-pyrrole nitrogens is 1. The lowest BCUT2D eigenvalue weighted by Gasteiger charge is -2.12. The molecule has 0 saturated carbocycles. The van der Waals surface area contributed by atoms with Gasteiger partial charge in [-0.1, -0.05) is 91.0 Å². The highest BCUT2D eigenvalue weighted by Crippen LogP contribution is 2.40. The van der Waals surface area contributed by atoms with E-state index in [9.17, 15) is 0 Å². The fourth-order valence-electron chi connectivity index (χ4n) is 8.07. The van der Waals surface area contributed by atoms with Gasteiger partial charge in [0.1, 0.15) is 11.6 Å². The first-order chi connectivity index (χ1) is 26.3. The molecule has 11 aromatic rings. The highest BCUT2D eigenvalue weighted by Gasteiger charge is 2.22. The number of pyridine rings is 2. The summed E-state index contributed by atoms with van der Waals surface area (Å²) in [6.45, 7) is 0. The number of fused-ring (bicyclic) bond motifs is 7. The van der Waals surface area contributed by atoms with Crippen LogP contribution in [0.25, 0.3) is 99.8 Å². The van der Waals surface area contributed by atoms with Gasteiger partial charge in [0.15, 0.2) is 0 Å². The van der Waals surface area contributed by atoms with Crippen molar-refractivity contribution in [2.45, 2.75) is 0 Å². The second-order valence-corrected chi connectivity index (χ2v) is 13.4. The number of nitrogens with zero attached hydrogens (tertiary/aromatic N) is 5. The summed E-state index contributed by atoms with van der Waals surface area (Å²) in [6, 6.07) is 55.7. The molecule has 0 aliphatic rings. The van der Waals surface area contributed by atoms with E-state index in [1.807, 2.05) is 30.7 Å². The third-order valence-electron chi connectivity index (χ3n) is 10.4. The summed E-state index contributed by atoms with van der Waals surface area (Å²) in [5, 5.41) is 4.76. The Morgan fingerprint density at radius 3 is 2.11 bits per heavy atom. The van der Waals surface area contributed by atoms with Gasteiger partial charge in [0, 0.05) is 62.5 Å². The van der Waals surface area contributed by atoms with Gasteiger partial charge in [-0.05, 0) is 83.4 Å². The van der Waals surface area contributed by atoms with Crippen LogP contribution in [0.15, 0.2) is 176 Å². The molecular formula is C47H30N6. The molecule has 0 unspecified atom stereocenters. The van der Waals surface area contributed by atoms with Crippen LogP contribution in [0.1, 0.15) is 0 Å². The van der Waals surface area contributed by atoms with Crippen molar-refractivity contribution in [3.63, 3.8) is 0 Å². The molecule has 6 heteroatoms. The molecule has 53 heavy (non-hydrogen) atoms. The van der Waals surface area contributed by atoms with Crippen LogP contribution in [0.2, 0.25) is 0 Å². The van der Waals surface area contributed by atoms with Crippen molar-refractivity contribution in [1.82, 2.24) is 29.1 Å². The van der Waals surface area contributed by atoms with Crippen LogP contribution < -0.4 is 0 Å². The van der Waals surface area contributed by atoms with E-state index in [1.54, 1.807) is 0 Å². The zero-order chi connectivity index (χ0) is 34.9. The van der Waals surface area contributed by atoms with E-state index >= 15 is 0 Å². The van der Waals surface area contributed by atoms with E-state index in [2.05, 4.69) is 165 Å². The van der Waals surface area contributed by atoms with Gasteiger partial charge >= 0.3 is 0 Å². The van der Waals surface area contributed by atoms with E-state index in [1.165, 1.54) is 21.5 Å². The first-order valence-electron chi connectivity index (χ1n) is 17.8. The van der Waals surface area contributed by atoms with Crippen molar-refractivity contribution in [2.75, 3.05) is 0 Å². The Morgan fingerprint density at radius 1 is 0.453 bits per heavy atom. The molecule has 0 fully saturated rings. The van der Waals surface area contributed by atoms with Crippen molar-refractivity contribution < 1.29 is 0 Å². The van der Waals surface area contributed by atoms with E-state index in [0.29, 0.717) is 0 Å². The number of rotatable bonds is 5. The van der Waals surface area contributed by atoms with Gasteiger partial charge < -0.3 is 4.98 Å². The van der Waals surface area contributed by atoms with Crippen molar-refractivity contribution in [3.8, 4) is 45.1 Å². The van der Waals surface area contributed by atoms with Crippen LogP contribution in [-0.2, 0) is 0 Å². The normalized spacial score (nSPS) is 11.8. The maximum atomic E-state index is 5.58. The molecule has 0 aliphatic heterocycles. The average Bonchev–Trinajstić information content (AvgIpc) is 3.91. The average molecular weight is 679 g/mol. The van der Waals surface area contributed by atoms with Crippen molar-refractivity contribution in [2.24, 2.45) is 0 Å². The molecule has 6 nitrogen and oxygen atoms in total. The highest BCUT2D eigenvalue weighted by atomic mass is 15.1. The van der Waals surface area contributed by atoms with E-state index in [4.69, 9.17) is 9.97 Å². The van der Waals surface area contributed by atoms with Gasteiger partial charge in [0.2, 0.25) is 0 Å². The topological polar surface area (TPSA) is 64.3 Å². The summed E-state index contributed by atoms with van der Waals surface area (Å²) >= 11 is 0. The quantitative estimate of drug-likeness (QED) is 0.197. The minimum atomic E-state index is 0.875. The molecule has 5 heterocycles. The second-order valence-electron chi connectivity index (χ2n) is 13.4. The number of imidazole rings is 1. The van der Waals surface area contributed by atoms with E-state index < -0.39 is 0 Å². The molecule has 0 bridgehead atoms. The number of hydrogen-bond donors (Lipinski definition) is 1. The first kappa shape index (κ1) is 29.4. The first-order valence-corrected chi connectivity index (χ1v) is 17.8. The lowest BCUT2D eigenvalue weighted by molar-refractivity contribution is 1.08. The summed E-state index contributed by atoms with van der Waals surface area (Å²) in [5.41, 5.74) is 12.8. The van der Waals surface area contributed by atoms with Crippen LogP contribution in [0.3, 0.4) is 0 Å². The smallest absolute Gasteiger partial charge is 0.147 e. The number of hydrogen-bond acceptors (Lipinski definition) is 3. The van der Waals surface area contributed by atoms with Gasteiger partial charge in [0.05, 0.1) is 27.6 Å². The van der Waals surface area contributed by atoms with Gasteiger partial charge in [-0.3, -0.25) is 14.1 Å². The molecular weight excluding hydrogens is 649 g/mol. The highest BCUT2D eigenvalue weighted by molar-refractivity contribution is 6.13. The predicted molar refractivity (Wildman–Crippen MR) is 217 cm³/mol. The minimum Gasteiger partial charge on any atom is -0.354 e. The molecule has 6 aromatic carbocycles. The van der Waals surface area contributed by atoms with Crippen LogP contribution in [0.4, 0.5) is 0 Å². The lowest BCUT2D eigenvalue weighted by atomic mass is 10.0. The summed E-state index contributed by atoms with van der Waals surface area (Å²) < 4.78 is 4.58. The van der Waals surface area contributed by atoms with Crippen LogP contribution >= 0.6 is 0 Å². The number of nitrogens with one attached hydrogen (secondary N) is 1. The fraction of sp³-hybridized carbons (Fsp3) is 0. The van der Waals surface area contributed by atoms with Gasteiger partial charge in [-0.25, -0.2) is 9.97 Å². The number of aromatic amines is 1. The number of benzene rings is 6. The third-order valence-corrected chi connectivity index (χ3v) is 10.4. The Hall–Kier alpha value is -7.31. The third kappa shape index (κ3) is 4.56. The summed E-state index contributed by atoms with van der Waals surface area (Å²) in [5.74, 6) is 1.77. The molecule has 0 saturated heterocycles. The maximum absolute atomic E-state index is 5.58.